The highest BCUT2D eigenvalue weighted by Crippen LogP contribution is 2.15. The van der Waals surface area contributed by atoms with Crippen molar-refractivity contribution >= 4 is 18.3 Å². The second kappa shape index (κ2) is 9.07. The van der Waals surface area contributed by atoms with Gasteiger partial charge in [0.1, 0.15) is 17.6 Å². The van der Waals surface area contributed by atoms with E-state index in [-0.39, 0.29) is 12.2 Å². The van der Waals surface area contributed by atoms with Crippen LogP contribution in [0.4, 0.5) is 4.79 Å². The van der Waals surface area contributed by atoms with E-state index in [4.69, 9.17) is 9.47 Å². The Labute approximate surface area is 131 Å². The van der Waals surface area contributed by atoms with Crippen molar-refractivity contribution in [1.29, 1.82) is 0 Å². The van der Waals surface area contributed by atoms with Crippen LogP contribution in [0.2, 0.25) is 0 Å². The molecule has 0 saturated heterocycles. The van der Waals surface area contributed by atoms with Gasteiger partial charge in [0.2, 0.25) is 0 Å². The molecule has 0 atom stereocenters. The van der Waals surface area contributed by atoms with Gasteiger partial charge in [0, 0.05) is 19.3 Å². The van der Waals surface area contributed by atoms with Crippen molar-refractivity contribution in [2.24, 2.45) is 0 Å². The Morgan fingerprint density at radius 2 is 1.68 bits per heavy atom. The van der Waals surface area contributed by atoms with E-state index in [1.165, 1.54) is 13.3 Å². The second-order valence-corrected chi connectivity index (χ2v) is 5.48. The lowest BCUT2D eigenvalue weighted by molar-refractivity contribution is -0.138. The van der Waals surface area contributed by atoms with Gasteiger partial charge in [-0.25, -0.2) is 9.59 Å². The highest BCUT2D eigenvalue weighted by molar-refractivity contribution is 5.93. The molecule has 0 saturated carbocycles. The van der Waals surface area contributed by atoms with Gasteiger partial charge < -0.3 is 19.2 Å². The molecule has 0 aromatic rings. The van der Waals surface area contributed by atoms with Crippen LogP contribution in [0.5, 0.6) is 0 Å². The average molecular weight is 314 g/mol. The van der Waals surface area contributed by atoms with Crippen LogP contribution >= 0.6 is 0 Å². The lowest BCUT2D eigenvalue weighted by atomic mass is 10.2. The second-order valence-electron chi connectivity index (χ2n) is 5.48. The molecular formula is C15H26N2O5. The molecule has 0 N–H and O–H groups in total. The third-order valence-corrected chi connectivity index (χ3v) is 2.67. The monoisotopic (exact) mass is 314 g/mol. The van der Waals surface area contributed by atoms with Crippen LogP contribution < -0.4 is 0 Å². The fourth-order valence-corrected chi connectivity index (χ4v) is 1.58. The SMILES string of the molecule is CCN(/C=C(/C(=O)OC)N(CC=O)C(=O)OC(C)(C)C)CC. The smallest absolute Gasteiger partial charge is 0.415 e. The summed E-state index contributed by atoms with van der Waals surface area (Å²) in [6, 6.07) is 0. The van der Waals surface area contributed by atoms with Crippen LogP contribution in [0.3, 0.4) is 0 Å². The molecule has 126 valence electrons. The molecule has 0 rings (SSSR count). The Morgan fingerprint density at radius 1 is 1.14 bits per heavy atom. The number of nitrogens with zero attached hydrogens (tertiary/aromatic N) is 2. The predicted octanol–water partition coefficient (Wildman–Crippen LogP) is 1.78. The maximum Gasteiger partial charge on any atom is 0.415 e. The summed E-state index contributed by atoms with van der Waals surface area (Å²) in [5.41, 5.74) is -0.776. The van der Waals surface area contributed by atoms with Crippen molar-refractivity contribution in [2.45, 2.75) is 40.2 Å². The first-order valence-corrected chi connectivity index (χ1v) is 7.18. The summed E-state index contributed by atoms with van der Waals surface area (Å²) in [4.78, 5) is 37.9. The minimum Gasteiger partial charge on any atom is -0.464 e. The molecule has 0 spiro atoms. The maximum atomic E-state index is 12.2. The number of hydrogen-bond acceptors (Lipinski definition) is 6. The minimum absolute atomic E-state index is 0.0347. The largest absolute Gasteiger partial charge is 0.464 e. The first-order valence-electron chi connectivity index (χ1n) is 7.18. The molecule has 0 aliphatic carbocycles. The minimum atomic E-state index is -0.775. The number of hydrogen-bond donors (Lipinski definition) is 0. The highest BCUT2D eigenvalue weighted by Gasteiger charge is 2.29. The topological polar surface area (TPSA) is 76.2 Å². The van der Waals surface area contributed by atoms with Gasteiger partial charge in [-0.3, -0.25) is 4.90 Å². The van der Waals surface area contributed by atoms with E-state index >= 15 is 0 Å². The van der Waals surface area contributed by atoms with Crippen molar-refractivity contribution in [1.82, 2.24) is 9.80 Å². The molecule has 0 unspecified atom stereocenters. The molecule has 0 fully saturated rings. The Morgan fingerprint density at radius 3 is 2.05 bits per heavy atom. The number of carbonyl (C=O) groups excluding carboxylic acids is 3. The van der Waals surface area contributed by atoms with Crippen molar-refractivity contribution in [3.8, 4) is 0 Å². The van der Waals surface area contributed by atoms with Gasteiger partial charge in [0.25, 0.3) is 0 Å². The molecule has 0 bridgehead atoms. The van der Waals surface area contributed by atoms with Gasteiger partial charge in [-0.2, -0.15) is 0 Å². The Balaban J connectivity index is 5.62. The summed E-state index contributed by atoms with van der Waals surface area (Å²) in [6.07, 6.45) is 1.26. The number of aldehydes is 1. The molecule has 7 nitrogen and oxygen atoms in total. The number of esters is 1. The van der Waals surface area contributed by atoms with Crippen molar-refractivity contribution in [2.75, 3.05) is 26.7 Å². The van der Waals surface area contributed by atoms with Gasteiger partial charge in [0.15, 0.2) is 0 Å². The van der Waals surface area contributed by atoms with Crippen molar-refractivity contribution < 1.29 is 23.9 Å². The molecule has 0 radical (unpaired) electrons. The van der Waals surface area contributed by atoms with E-state index in [0.717, 1.165) is 4.90 Å². The molecule has 0 aromatic carbocycles. The van der Waals surface area contributed by atoms with Gasteiger partial charge in [0.05, 0.1) is 13.7 Å². The van der Waals surface area contributed by atoms with E-state index in [1.807, 2.05) is 18.7 Å². The fraction of sp³-hybridized carbons (Fsp3) is 0.667. The molecule has 7 heteroatoms. The van der Waals surface area contributed by atoms with Crippen LogP contribution in [0.1, 0.15) is 34.6 Å². The zero-order valence-electron chi connectivity index (χ0n) is 14.2. The van der Waals surface area contributed by atoms with Crippen LogP contribution in [0, 0.1) is 0 Å². The maximum absolute atomic E-state index is 12.2. The van der Waals surface area contributed by atoms with Crippen LogP contribution in [-0.4, -0.2) is 60.5 Å². The Hall–Kier alpha value is -2.05. The number of carbonyl (C=O) groups is 3. The Bertz CT molecular complexity index is 422. The summed E-state index contributed by atoms with van der Waals surface area (Å²) >= 11 is 0. The highest BCUT2D eigenvalue weighted by atomic mass is 16.6. The van der Waals surface area contributed by atoms with Gasteiger partial charge in [-0.15, -0.1) is 0 Å². The standard InChI is InChI=1S/C15H26N2O5/c1-7-16(8-2)11-12(13(19)21-6)17(9-10-18)14(20)22-15(3,4)5/h10-11H,7-9H2,1-6H3/b12-11-. The molecule has 0 aliphatic heterocycles. The van der Waals surface area contributed by atoms with E-state index in [0.29, 0.717) is 19.4 Å². The normalized spacial score (nSPS) is 11.6. The van der Waals surface area contributed by atoms with E-state index in [1.54, 1.807) is 20.8 Å². The van der Waals surface area contributed by atoms with E-state index in [2.05, 4.69) is 0 Å². The van der Waals surface area contributed by atoms with Crippen LogP contribution in [0.25, 0.3) is 0 Å². The summed E-state index contributed by atoms with van der Waals surface area (Å²) < 4.78 is 9.95. The average Bonchev–Trinajstić information content (AvgIpc) is 2.44. The molecule has 0 aromatic heterocycles. The lowest BCUT2D eigenvalue weighted by Crippen LogP contribution is -2.40. The third-order valence-electron chi connectivity index (χ3n) is 2.67. The number of rotatable bonds is 7. The quantitative estimate of drug-likeness (QED) is 0.405. The van der Waals surface area contributed by atoms with Crippen molar-refractivity contribution in [3.63, 3.8) is 0 Å². The summed E-state index contributed by atoms with van der Waals surface area (Å²) in [7, 11) is 1.21. The summed E-state index contributed by atoms with van der Waals surface area (Å²) in [6.45, 7) is 9.91. The molecule has 1 amide bonds. The fourth-order valence-electron chi connectivity index (χ4n) is 1.58. The molecule has 22 heavy (non-hydrogen) atoms. The zero-order valence-corrected chi connectivity index (χ0v) is 14.2. The van der Waals surface area contributed by atoms with Gasteiger partial charge in [-0.1, -0.05) is 0 Å². The molecular weight excluding hydrogens is 288 g/mol. The first-order chi connectivity index (χ1) is 10.2. The first kappa shape index (κ1) is 19.9. The number of amides is 1. The summed E-state index contributed by atoms with van der Waals surface area (Å²) in [5, 5.41) is 0. The third kappa shape index (κ3) is 6.60. The molecule has 0 aliphatic rings. The number of ether oxygens (including phenoxy) is 2. The van der Waals surface area contributed by atoms with E-state index < -0.39 is 17.7 Å². The van der Waals surface area contributed by atoms with Crippen molar-refractivity contribution in [3.05, 3.63) is 11.9 Å². The van der Waals surface area contributed by atoms with Gasteiger partial charge >= 0.3 is 12.1 Å². The lowest BCUT2D eigenvalue weighted by Gasteiger charge is -2.28. The van der Waals surface area contributed by atoms with Crippen LogP contribution in [0.15, 0.2) is 11.9 Å². The number of methoxy groups -OCH3 is 1. The summed E-state index contributed by atoms with van der Waals surface area (Å²) in [5.74, 6) is -0.709. The van der Waals surface area contributed by atoms with E-state index in [9.17, 15) is 14.4 Å². The van der Waals surface area contributed by atoms with Gasteiger partial charge in [-0.05, 0) is 34.6 Å². The van der Waals surface area contributed by atoms with Crippen LogP contribution in [-0.2, 0) is 19.1 Å². The molecule has 0 heterocycles. The Kier molecular flexibility index (Phi) is 8.22. The zero-order chi connectivity index (χ0) is 17.3. The predicted molar refractivity (Wildman–Crippen MR) is 82.0 cm³/mol.